The first-order valence-electron chi connectivity index (χ1n) is 6.11. The van der Waals surface area contributed by atoms with Crippen molar-refractivity contribution in [2.45, 2.75) is 51.4 Å². The van der Waals surface area contributed by atoms with Crippen LogP contribution in [0.5, 0.6) is 0 Å². The maximum atomic E-state index is 5.61. The second-order valence-electron chi connectivity index (χ2n) is 3.82. The highest BCUT2D eigenvalue weighted by atomic mass is 35.5. The quantitative estimate of drug-likeness (QED) is 0.342. The van der Waals surface area contributed by atoms with Crippen LogP contribution in [0.4, 0.5) is 0 Å². The highest BCUT2D eigenvalue weighted by Crippen LogP contribution is 2.11. The molecule has 0 aromatic rings. The van der Waals surface area contributed by atoms with Gasteiger partial charge in [0.15, 0.2) is 0 Å². The zero-order valence-corrected chi connectivity index (χ0v) is 12.0. The lowest BCUT2D eigenvalue weighted by molar-refractivity contribution is 0.703. The van der Waals surface area contributed by atoms with Crippen LogP contribution in [0.15, 0.2) is 0 Å². The summed E-state index contributed by atoms with van der Waals surface area (Å²) >= 11 is 13.3. The average Bonchev–Trinajstić information content (AvgIpc) is 2.26. The van der Waals surface area contributed by atoms with Crippen molar-refractivity contribution in [3.05, 3.63) is 0 Å². The summed E-state index contributed by atoms with van der Waals surface area (Å²) in [6.07, 6.45) is 10.4. The Morgan fingerprint density at radius 3 is 1.33 bits per heavy atom. The Kier molecular flexibility index (Phi) is 15.9. The monoisotopic (exact) mass is 270 g/mol. The predicted molar refractivity (Wildman–Crippen MR) is 75.7 cm³/mol. The molecule has 0 radical (unpaired) electrons. The van der Waals surface area contributed by atoms with E-state index < -0.39 is 0 Å². The van der Waals surface area contributed by atoms with Gasteiger partial charge in [-0.25, -0.2) is 0 Å². The summed E-state index contributed by atoms with van der Waals surface area (Å²) in [4.78, 5) is 0. The van der Waals surface area contributed by atoms with Crippen molar-refractivity contribution >= 4 is 35.0 Å². The average molecular weight is 271 g/mol. The molecule has 0 aliphatic carbocycles. The molecule has 0 aromatic carbocycles. The summed E-state index contributed by atoms with van der Waals surface area (Å²) in [5.41, 5.74) is 0. The first-order valence-corrected chi connectivity index (χ1v) is 8.34. The topological polar surface area (TPSA) is 0 Å². The Labute approximate surface area is 109 Å². The highest BCUT2D eigenvalue weighted by Gasteiger charge is 1.92. The van der Waals surface area contributed by atoms with E-state index >= 15 is 0 Å². The van der Waals surface area contributed by atoms with Gasteiger partial charge in [-0.15, -0.1) is 23.2 Å². The van der Waals surface area contributed by atoms with E-state index in [1.165, 1.54) is 62.9 Å². The van der Waals surface area contributed by atoms with Gasteiger partial charge in [-0.2, -0.15) is 11.8 Å². The van der Waals surface area contributed by atoms with Gasteiger partial charge in [-0.3, -0.25) is 0 Å². The summed E-state index contributed by atoms with van der Waals surface area (Å²) in [5.74, 6) is 4.32. The second kappa shape index (κ2) is 14.9. The van der Waals surface area contributed by atoms with Crippen molar-refractivity contribution in [1.82, 2.24) is 0 Å². The molecule has 0 atom stereocenters. The minimum absolute atomic E-state index is 0.827. The molecule has 0 aliphatic rings. The molecule has 0 heterocycles. The van der Waals surface area contributed by atoms with Crippen LogP contribution < -0.4 is 0 Å². The molecule has 0 aliphatic heterocycles. The lowest BCUT2D eigenvalue weighted by atomic mass is 10.2. The fraction of sp³-hybridized carbons (Fsp3) is 1.00. The maximum absolute atomic E-state index is 5.61. The SMILES string of the molecule is ClCCCCCCSCCCCCCCl. The largest absolute Gasteiger partial charge is 0.162 e. The molecule has 0 nitrogen and oxygen atoms in total. The molecule has 0 bridgehead atoms. The molecule has 0 aromatic heterocycles. The molecular formula is C12H24Cl2S. The van der Waals surface area contributed by atoms with Gasteiger partial charge in [-0.1, -0.05) is 25.7 Å². The molecule has 0 saturated carbocycles. The fourth-order valence-corrected chi connectivity index (χ4v) is 2.80. The fourth-order valence-electron chi connectivity index (χ4n) is 1.41. The number of halogens is 2. The van der Waals surface area contributed by atoms with E-state index in [1.54, 1.807) is 0 Å². The molecule has 92 valence electrons. The number of thioether (sulfide) groups is 1. The highest BCUT2D eigenvalue weighted by molar-refractivity contribution is 7.99. The first kappa shape index (κ1) is 15.9. The van der Waals surface area contributed by atoms with Crippen molar-refractivity contribution < 1.29 is 0 Å². The predicted octanol–water partition coefficient (Wildman–Crippen LogP) is 5.32. The number of alkyl halides is 2. The van der Waals surface area contributed by atoms with E-state index in [0.29, 0.717) is 0 Å². The van der Waals surface area contributed by atoms with Crippen molar-refractivity contribution in [3.8, 4) is 0 Å². The van der Waals surface area contributed by atoms with Crippen LogP contribution in [0.25, 0.3) is 0 Å². The smallest absolute Gasteiger partial charge is 0.0223 e. The Balaban J connectivity index is 2.81. The minimum atomic E-state index is 0.827. The van der Waals surface area contributed by atoms with Crippen molar-refractivity contribution in [2.75, 3.05) is 23.3 Å². The van der Waals surface area contributed by atoms with E-state index in [-0.39, 0.29) is 0 Å². The summed E-state index contributed by atoms with van der Waals surface area (Å²) in [7, 11) is 0. The number of hydrogen-bond acceptors (Lipinski definition) is 1. The molecule has 15 heavy (non-hydrogen) atoms. The molecule has 3 heteroatoms. The van der Waals surface area contributed by atoms with Crippen molar-refractivity contribution in [3.63, 3.8) is 0 Å². The van der Waals surface area contributed by atoms with Crippen molar-refractivity contribution in [2.24, 2.45) is 0 Å². The molecule has 0 amide bonds. The van der Waals surface area contributed by atoms with E-state index in [4.69, 9.17) is 23.2 Å². The van der Waals surface area contributed by atoms with Gasteiger partial charge in [0.05, 0.1) is 0 Å². The van der Waals surface area contributed by atoms with Gasteiger partial charge in [0, 0.05) is 11.8 Å². The minimum Gasteiger partial charge on any atom is -0.162 e. The zero-order valence-electron chi connectivity index (χ0n) is 9.65. The first-order chi connectivity index (χ1) is 7.41. The molecular weight excluding hydrogens is 247 g/mol. The van der Waals surface area contributed by atoms with Crippen LogP contribution in [-0.4, -0.2) is 23.3 Å². The summed E-state index contributed by atoms with van der Waals surface area (Å²) in [6.45, 7) is 0. The Morgan fingerprint density at radius 2 is 0.933 bits per heavy atom. The van der Waals surface area contributed by atoms with E-state index in [0.717, 1.165) is 11.8 Å². The summed E-state index contributed by atoms with van der Waals surface area (Å²) in [6, 6.07) is 0. The standard InChI is InChI=1S/C12H24Cl2S/c13-9-5-1-3-7-11-15-12-8-4-2-6-10-14/h1-12H2. The van der Waals surface area contributed by atoms with E-state index in [2.05, 4.69) is 11.8 Å². The third-order valence-corrected chi connectivity index (χ3v) is 4.03. The lowest BCUT2D eigenvalue weighted by Gasteiger charge is -2.01. The zero-order chi connectivity index (χ0) is 11.2. The van der Waals surface area contributed by atoms with Crippen LogP contribution >= 0.6 is 35.0 Å². The maximum Gasteiger partial charge on any atom is 0.0223 e. The molecule has 0 N–H and O–H groups in total. The summed E-state index contributed by atoms with van der Waals surface area (Å²) < 4.78 is 0. The van der Waals surface area contributed by atoms with Gasteiger partial charge >= 0.3 is 0 Å². The van der Waals surface area contributed by atoms with Gasteiger partial charge < -0.3 is 0 Å². The number of rotatable bonds is 12. The number of hydrogen-bond donors (Lipinski definition) is 0. The van der Waals surface area contributed by atoms with Gasteiger partial charge in [-0.05, 0) is 37.2 Å². The second-order valence-corrected chi connectivity index (χ2v) is 5.80. The molecule has 0 unspecified atom stereocenters. The van der Waals surface area contributed by atoms with Gasteiger partial charge in [0.2, 0.25) is 0 Å². The van der Waals surface area contributed by atoms with E-state index in [1.807, 2.05) is 0 Å². The third kappa shape index (κ3) is 14.9. The van der Waals surface area contributed by atoms with E-state index in [9.17, 15) is 0 Å². The van der Waals surface area contributed by atoms with Gasteiger partial charge in [0.25, 0.3) is 0 Å². The number of unbranched alkanes of at least 4 members (excludes halogenated alkanes) is 6. The van der Waals surface area contributed by atoms with Gasteiger partial charge in [0.1, 0.15) is 0 Å². The molecule has 0 rings (SSSR count). The molecule has 0 saturated heterocycles. The van der Waals surface area contributed by atoms with Crippen LogP contribution in [0.3, 0.4) is 0 Å². The normalized spacial score (nSPS) is 10.8. The van der Waals surface area contributed by atoms with Crippen LogP contribution in [0.2, 0.25) is 0 Å². The Morgan fingerprint density at radius 1 is 0.533 bits per heavy atom. The molecule has 0 fully saturated rings. The van der Waals surface area contributed by atoms with Crippen LogP contribution in [-0.2, 0) is 0 Å². The Hall–Kier alpha value is 0.930. The van der Waals surface area contributed by atoms with Crippen molar-refractivity contribution in [1.29, 1.82) is 0 Å². The molecule has 0 spiro atoms. The van der Waals surface area contributed by atoms with Crippen LogP contribution in [0, 0.1) is 0 Å². The summed E-state index contributed by atoms with van der Waals surface area (Å²) in [5, 5.41) is 0. The van der Waals surface area contributed by atoms with Crippen LogP contribution in [0.1, 0.15) is 51.4 Å². The Bertz CT molecular complexity index is 97.8. The lowest BCUT2D eigenvalue weighted by Crippen LogP contribution is -1.86. The third-order valence-electron chi connectivity index (χ3n) is 2.34.